The molecular weight excluding hydrogens is 508 g/mol. The zero-order valence-electron chi connectivity index (χ0n) is 23.8. The van der Waals surface area contributed by atoms with Crippen molar-refractivity contribution in [2.75, 3.05) is 13.2 Å². The summed E-state index contributed by atoms with van der Waals surface area (Å²) in [6.45, 7) is 6.16. The first kappa shape index (κ1) is 31.9. The minimum atomic E-state index is -1.22. The molecule has 3 rings (SSSR count). The van der Waals surface area contributed by atoms with Crippen LogP contribution in [0.2, 0.25) is 0 Å². The van der Waals surface area contributed by atoms with Crippen molar-refractivity contribution in [3.8, 4) is 0 Å². The number of rotatable bonds is 17. The first-order valence-electron chi connectivity index (χ1n) is 13.8. The van der Waals surface area contributed by atoms with E-state index in [-0.39, 0.29) is 39.5 Å². The summed E-state index contributed by atoms with van der Waals surface area (Å²) in [6.07, 6.45) is -4.87. The Kier molecular flexibility index (Phi) is 13.2. The third kappa shape index (κ3) is 11.1. The van der Waals surface area contributed by atoms with Gasteiger partial charge < -0.3 is 34.3 Å². The average molecular weight is 553 g/mol. The van der Waals surface area contributed by atoms with E-state index in [0.717, 1.165) is 16.7 Å². The van der Waals surface area contributed by atoms with Gasteiger partial charge in [-0.1, -0.05) is 91.0 Å². The van der Waals surface area contributed by atoms with Gasteiger partial charge in [-0.15, -0.1) is 0 Å². The zero-order chi connectivity index (χ0) is 28.8. The molecule has 0 spiro atoms. The second-order valence-corrected chi connectivity index (χ2v) is 10.9. The first-order valence-corrected chi connectivity index (χ1v) is 13.8. The summed E-state index contributed by atoms with van der Waals surface area (Å²) in [5, 5.41) is 32.9. The molecule has 0 aromatic heterocycles. The van der Waals surface area contributed by atoms with Gasteiger partial charge in [0.2, 0.25) is 0 Å². The highest BCUT2D eigenvalue weighted by atomic mass is 16.6. The van der Waals surface area contributed by atoms with Crippen molar-refractivity contribution in [3.05, 3.63) is 108 Å². The maximum Gasteiger partial charge on any atom is 0.115 e. The van der Waals surface area contributed by atoms with Crippen molar-refractivity contribution in [1.82, 2.24) is 0 Å². The maximum atomic E-state index is 11.7. The molecule has 0 unspecified atom stereocenters. The van der Waals surface area contributed by atoms with Crippen LogP contribution in [0.15, 0.2) is 91.0 Å². The Hall–Kier alpha value is -2.62. The van der Waals surface area contributed by atoms with Crippen LogP contribution in [0.5, 0.6) is 0 Å². The molecule has 0 saturated carbocycles. The average Bonchev–Trinajstić information content (AvgIpc) is 2.96. The zero-order valence-corrected chi connectivity index (χ0v) is 23.8. The number of hydrogen-bond acceptors (Lipinski definition) is 7. The topological polar surface area (TPSA) is 97.6 Å². The Bertz CT molecular complexity index is 1060. The highest BCUT2D eigenvalue weighted by Crippen LogP contribution is 2.24. The monoisotopic (exact) mass is 552 g/mol. The van der Waals surface area contributed by atoms with E-state index in [1.54, 1.807) is 0 Å². The summed E-state index contributed by atoms with van der Waals surface area (Å²) in [5.74, 6) is 0. The van der Waals surface area contributed by atoms with Crippen molar-refractivity contribution in [3.63, 3.8) is 0 Å². The summed E-state index contributed by atoms with van der Waals surface area (Å²) in [5.41, 5.74) is 2.28. The van der Waals surface area contributed by atoms with Gasteiger partial charge in [0.05, 0.1) is 38.1 Å². The van der Waals surface area contributed by atoms with Crippen molar-refractivity contribution in [2.24, 2.45) is 0 Å². The normalized spacial score (nSPS) is 15.8. The maximum absolute atomic E-state index is 11.7. The minimum Gasteiger partial charge on any atom is -0.396 e. The van der Waals surface area contributed by atoms with Gasteiger partial charge in [-0.3, -0.25) is 0 Å². The smallest absolute Gasteiger partial charge is 0.115 e. The number of aliphatic hydroxyl groups excluding tert-OH is 3. The SMILES string of the molecule is CC(C)(C)OC[C@H](O)[C@@H](OCc1ccccc1)[C@H](OCc1ccccc1)[C@@H](O)[C@H](CCO)OCc1ccccc1. The predicted molar refractivity (Wildman–Crippen MR) is 154 cm³/mol. The molecule has 218 valence electrons. The van der Waals surface area contributed by atoms with Gasteiger partial charge in [0, 0.05) is 6.61 Å². The van der Waals surface area contributed by atoms with Crippen LogP contribution in [0.3, 0.4) is 0 Å². The number of aliphatic hydroxyl groups is 3. The highest BCUT2D eigenvalue weighted by Gasteiger charge is 2.40. The van der Waals surface area contributed by atoms with Crippen molar-refractivity contribution in [2.45, 2.75) is 83.1 Å². The fourth-order valence-corrected chi connectivity index (χ4v) is 4.25. The molecule has 0 aliphatic carbocycles. The van der Waals surface area contributed by atoms with Crippen molar-refractivity contribution >= 4 is 0 Å². The van der Waals surface area contributed by atoms with Gasteiger partial charge in [-0.25, -0.2) is 0 Å². The van der Waals surface area contributed by atoms with E-state index in [1.807, 2.05) is 112 Å². The first-order chi connectivity index (χ1) is 19.3. The second kappa shape index (κ2) is 16.6. The van der Waals surface area contributed by atoms with Gasteiger partial charge in [-0.2, -0.15) is 0 Å². The molecular formula is C33H44O7. The third-order valence-electron chi connectivity index (χ3n) is 6.40. The Labute approximate surface area is 238 Å². The fraction of sp³-hybridized carbons (Fsp3) is 0.455. The lowest BCUT2D eigenvalue weighted by Crippen LogP contribution is -2.53. The second-order valence-electron chi connectivity index (χ2n) is 10.9. The largest absolute Gasteiger partial charge is 0.396 e. The van der Waals surface area contributed by atoms with Gasteiger partial charge in [0.1, 0.15) is 24.4 Å². The Morgan fingerprint density at radius 3 is 1.48 bits per heavy atom. The van der Waals surface area contributed by atoms with E-state index < -0.39 is 36.1 Å². The van der Waals surface area contributed by atoms with Crippen LogP contribution in [-0.4, -0.2) is 64.7 Å². The lowest BCUT2D eigenvalue weighted by atomic mass is 9.96. The molecule has 0 fully saturated rings. The number of benzene rings is 3. The van der Waals surface area contributed by atoms with E-state index in [2.05, 4.69) is 0 Å². The summed E-state index contributed by atoms with van der Waals surface area (Å²) in [4.78, 5) is 0. The number of ether oxygens (including phenoxy) is 4. The highest BCUT2D eigenvalue weighted by molar-refractivity contribution is 5.15. The molecule has 7 nitrogen and oxygen atoms in total. The van der Waals surface area contributed by atoms with Crippen LogP contribution in [-0.2, 0) is 38.8 Å². The molecule has 0 saturated heterocycles. The standard InChI is InChI=1S/C33H44O7/c1-33(2,3)40-24-28(35)31(38-22-26-15-9-5-10-16-26)32(39-23-27-17-11-6-12-18-27)30(36)29(19-20-34)37-21-25-13-7-4-8-14-25/h4-18,28-32,34-36H,19-24H2,1-3H3/t28-,29-,30-,31+,32+/m0/s1. The molecule has 0 aliphatic rings. The van der Waals surface area contributed by atoms with Crippen molar-refractivity contribution < 1.29 is 34.3 Å². The molecule has 3 N–H and O–H groups in total. The Balaban J connectivity index is 1.87. The predicted octanol–water partition coefficient (Wildman–Crippen LogP) is 4.66. The van der Waals surface area contributed by atoms with Crippen LogP contribution < -0.4 is 0 Å². The Morgan fingerprint density at radius 2 is 1.05 bits per heavy atom. The molecule has 0 aliphatic heterocycles. The summed E-state index contributed by atoms with van der Waals surface area (Å²) in [6, 6.07) is 28.9. The van der Waals surface area contributed by atoms with E-state index in [1.165, 1.54) is 0 Å². The molecule has 5 atom stereocenters. The van der Waals surface area contributed by atoms with E-state index in [4.69, 9.17) is 18.9 Å². The molecule has 3 aromatic carbocycles. The van der Waals surface area contributed by atoms with Crippen molar-refractivity contribution in [1.29, 1.82) is 0 Å². The molecule has 0 radical (unpaired) electrons. The van der Waals surface area contributed by atoms with Crippen LogP contribution in [0, 0.1) is 0 Å². The molecule has 7 heteroatoms. The van der Waals surface area contributed by atoms with Crippen LogP contribution >= 0.6 is 0 Å². The van der Waals surface area contributed by atoms with E-state index in [0.29, 0.717) is 0 Å². The van der Waals surface area contributed by atoms with Gasteiger partial charge in [0.15, 0.2) is 0 Å². The van der Waals surface area contributed by atoms with Gasteiger partial charge >= 0.3 is 0 Å². The minimum absolute atomic E-state index is 0.0174. The van der Waals surface area contributed by atoms with Gasteiger partial charge in [0.25, 0.3) is 0 Å². The fourth-order valence-electron chi connectivity index (χ4n) is 4.25. The number of hydrogen-bond donors (Lipinski definition) is 3. The molecule has 0 bridgehead atoms. The third-order valence-corrected chi connectivity index (χ3v) is 6.40. The lowest BCUT2D eigenvalue weighted by molar-refractivity contribution is -0.203. The molecule has 0 amide bonds. The molecule has 0 heterocycles. The van der Waals surface area contributed by atoms with Crippen LogP contribution in [0.25, 0.3) is 0 Å². The van der Waals surface area contributed by atoms with Gasteiger partial charge in [-0.05, 0) is 43.9 Å². The molecule has 40 heavy (non-hydrogen) atoms. The van der Waals surface area contributed by atoms with Crippen LogP contribution in [0.4, 0.5) is 0 Å². The van der Waals surface area contributed by atoms with E-state index >= 15 is 0 Å². The lowest BCUT2D eigenvalue weighted by Gasteiger charge is -2.37. The van der Waals surface area contributed by atoms with Crippen LogP contribution in [0.1, 0.15) is 43.9 Å². The summed E-state index contributed by atoms with van der Waals surface area (Å²) in [7, 11) is 0. The summed E-state index contributed by atoms with van der Waals surface area (Å²) >= 11 is 0. The quantitative estimate of drug-likeness (QED) is 0.224. The molecule has 3 aromatic rings. The Morgan fingerprint density at radius 1 is 0.625 bits per heavy atom. The van der Waals surface area contributed by atoms with E-state index in [9.17, 15) is 15.3 Å². The summed E-state index contributed by atoms with van der Waals surface area (Å²) < 4.78 is 24.6.